The van der Waals surface area contributed by atoms with E-state index in [0.717, 1.165) is 19.4 Å². The van der Waals surface area contributed by atoms with Crippen LogP contribution in [0.2, 0.25) is 0 Å². The molecule has 1 aliphatic rings. The second-order valence-corrected chi connectivity index (χ2v) is 2.63. The van der Waals surface area contributed by atoms with Gasteiger partial charge in [-0.1, -0.05) is 5.21 Å². The second kappa shape index (κ2) is 2.96. The van der Waals surface area contributed by atoms with Gasteiger partial charge in [0, 0.05) is 6.61 Å². The predicted molar refractivity (Wildman–Crippen MR) is 36.7 cm³/mol. The molecule has 2 rings (SSSR count). The molecule has 0 amide bonds. The molecule has 0 saturated carbocycles. The summed E-state index contributed by atoms with van der Waals surface area (Å²) in [6.07, 6.45) is 3.43. The van der Waals surface area contributed by atoms with E-state index in [0.29, 0.717) is 5.82 Å². The van der Waals surface area contributed by atoms with Crippen LogP contribution in [-0.2, 0) is 4.74 Å². The molecule has 1 aromatic rings. The van der Waals surface area contributed by atoms with Gasteiger partial charge < -0.3 is 4.74 Å². The normalized spacial score (nSPS) is 25.3. The Hall–Kier alpha value is -0.970. The summed E-state index contributed by atoms with van der Waals surface area (Å²) in [6.45, 7) is 0.819. The van der Waals surface area contributed by atoms with Crippen molar-refractivity contribution in [3.05, 3.63) is 5.82 Å². The van der Waals surface area contributed by atoms with E-state index in [4.69, 9.17) is 4.74 Å². The first-order valence-electron chi connectivity index (χ1n) is 3.82. The van der Waals surface area contributed by atoms with Gasteiger partial charge in [-0.2, -0.15) is 5.21 Å². The molecule has 5 nitrogen and oxygen atoms in total. The smallest absolute Gasteiger partial charge is 0.203 e. The van der Waals surface area contributed by atoms with Crippen molar-refractivity contribution in [1.29, 1.82) is 0 Å². The minimum absolute atomic E-state index is 0.0718. The highest BCUT2D eigenvalue weighted by Gasteiger charge is 2.19. The van der Waals surface area contributed by atoms with E-state index < -0.39 is 0 Å². The first kappa shape index (κ1) is 6.72. The summed E-state index contributed by atoms with van der Waals surface area (Å²) < 4.78 is 5.44. The van der Waals surface area contributed by atoms with Gasteiger partial charge in [0.1, 0.15) is 6.10 Å². The van der Waals surface area contributed by atoms with Crippen molar-refractivity contribution >= 4 is 0 Å². The van der Waals surface area contributed by atoms with Crippen LogP contribution in [0.15, 0.2) is 0 Å². The Labute approximate surface area is 64.1 Å². The van der Waals surface area contributed by atoms with Crippen molar-refractivity contribution in [2.75, 3.05) is 6.61 Å². The molecular weight excluding hydrogens is 144 g/mol. The lowest BCUT2D eigenvalue weighted by Gasteiger charge is -2.18. The Balaban J connectivity index is 2.04. The minimum Gasteiger partial charge on any atom is -0.370 e. The van der Waals surface area contributed by atoms with Crippen LogP contribution >= 0.6 is 0 Å². The van der Waals surface area contributed by atoms with Crippen LogP contribution < -0.4 is 0 Å². The Morgan fingerprint density at radius 2 is 2.45 bits per heavy atom. The first-order chi connectivity index (χ1) is 5.47. The molecule has 1 N–H and O–H groups in total. The topological polar surface area (TPSA) is 63.7 Å². The van der Waals surface area contributed by atoms with Gasteiger partial charge in [-0.25, -0.2) is 0 Å². The summed E-state index contributed by atoms with van der Waals surface area (Å²) in [7, 11) is 0. The van der Waals surface area contributed by atoms with Crippen LogP contribution in [-0.4, -0.2) is 27.2 Å². The fourth-order valence-electron chi connectivity index (χ4n) is 1.25. The molecule has 0 bridgehead atoms. The largest absolute Gasteiger partial charge is 0.370 e. The lowest BCUT2D eigenvalue weighted by atomic mass is 10.1. The fraction of sp³-hybridized carbons (Fsp3) is 0.833. The Morgan fingerprint density at radius 3 is 3.09 bits per heavy atom. The van der Waals surface area contributed by atoms with Crippen molar-refractivity contribution in [2.24, 2.45) is 0 Å². The van der Waals surface area contributed by atoms with Crippen LogP contribution in [0.25, 0.3) is 0 Å². The summed E-state index contributed by atoms with van der Waals surface area (Å²) in [5.41, 5.74) is 0. The van der Waals surface area contributed by atoms with Crippen LogP contribution in [0.4, 0.5) is 0 Å². The zero-order valence-corrected chi connectivity index (χ0v) is 6.16. The monoisotopic (exact) mass is 154 g/mol. The molecule has 2 heterocycles. The Bertz CT molecular complexity index is 204. The zero-order valence-electron chi connectivity index (χ0n) is 6.16. The number of hydrogen-bond acceptors (Lipinski definition) is 4. The van der Waals surface area contributed by atoms with Gasteiger partial charge in [-0.05, 0) is 19.3 Å². The maximum Gasteiger partial charge on any atom is 0.203 e. The highest BCUT2D eigenvalue weighted by molar-refractivity contribution is 4.85. The van der Waals surface area contributed by atoms with E-state index in [1.807, 2.05) is 0 Å². The van der Waals surface area contributed by atoms with Crippen molar-refractivity contribution in [3.63, 3.8) is 0 Å². The molecule has 1 aliphatic heterocycles. The molecule has 0 aliphatic carbocycles. The van der Waals surface area contributed by atoms with Gasteiger partial charge in [-0.15, -0.1) is 10.2 Å². The fourth-order valence-corrected chi connectivity index (χ4v) is 1.25. The van der Waals surface area contributed by atoms with Crippen LogP contribution in [0.3, 0.4) is 0 Å². The number of tetrazole rings is 1. The predicted octanol–water partition coefficient (Wildman–Crippen LogP) is 0.441. The minimum atomic E-state index is 0.0718. The van der Waals surface area contributed by atoms with Crippen molar-refractivity contribution < 1.29 is 4.74 Å². The van der Waals surface area contributed by atoms with Crippen molar-refractivity contribution in [2.45, 2.75) is 25.4 Å². The first-order valence-corrected chi connectivity index (χ1v) is 3.82. The number of nitrogens with zero attached hydrogens (tertiary/aromatic N) is 3. The molecular formula is C6H10N4O. The van der Waals surface area contributed by atoms with Crippen LogP contribution in [0.5, 0.6) is 0 Å². The average Bonchev–Trinajstić information content (AvgIpc) is 2.58. The van der Waals surface area contributed by atoms with Gasteiger partial charge in [0.25, 0.3) is 0 Å². The molecule has 0 aromatic carbocycles. The molecule has 0 radical (unpaired) electrons. The number of rotatable bonds is 1. The lowest BCUT2D eigenvalue weighted by molar-refractivity contribution is 0.00947. The second-order valence-electron chi connectivity index (χ2n) is 2.63. The van der Waals surface area contributed by atoms with Gasteiger partial charge in [-0.3, -0.25) is 0 Å². The van der Waals surface area contributed by atoms with Gasteiger partial charge in [0.05, 0.1) is 0 Å². The molecule has 1 atom stereocenters. The summed E-state index contributed by atoms with van der Waals surface area (Å²) in [5, 5.41) is 13.6. The summed E-state index contributed by atoms with van der Waals surface area (Å²) >= 11 is 0. The van der Waals surface area contributed by atoms with E-state index in [2.05, 4.69) is 20.6 Å². The van der Waals surface area contributed by atoms with E-state index in [-0.39, 0.29) is 6.10 Å². The molecule has 1 aromatic heterocycles. The standard InChI is InChI=1S/C6H10N4O/c1-2-4-11-5(3-1)6-7-9-10-8-6/h5H,1-4H2,(H,7,8,9,10). The third-order valence-corrected chi connectivity index (χ3v) is 1.83. The average molecular weight is 154 g/mol. The van der Waals surface area contributed by atoms with Gasteiger partial charge in [0.2, 0.25) is 5.82 Å². The van der Waals surface area contributed by atoms with Crippen molar-refractivity contribution in [3.8, 4) is 0 Å². The molecule has 5 heteroatoms. The maximum atomic E-state index is 5.44. The summed E-state index contributed by atoms with van der Waals surface area (Å²) in [4.78, 5) is 0. The molecule has 1 saturated heterocycles. The third-order valence-electron chi connectivity index (χ3n) is 1.83. The number of nitrogens with one attached hydrogen (secondary N) is 1. The highest BCUT2D eigenvalue weighted by atomic mass is 16.5. The van der Waals surface area contributed by atoms with E-state index in [9.17, 15) is 0 Å². The third kappa shape index (κ3) is 1.37. The summed E-state index contributed by atoms with van der Waals surface area (Å²) in [5.74, 6) is 0.685. The quantitative estimate of drug-likeness (QED) is 0.637. The maximum absolute atomic E-state index is 5.44. The molecule has 60 valence electrons. The molecule has 0 spiro atoms. The Morgan fingerprint density at radius 1 is 1.45 bits per heavy atom. The number of hydrogen-bond donors (Lipinski definition) is 1. The SMILES string of the molecule is C1CCC(c2nn[nH]n2)OC1. The van der Waals surface area contributed by atoms with E-state index in [1.165, 1.54) is 6.42 Å². The molecule has 1 fully saturated rings. The van der Waals surface area contributed by atoms with Gasteiger partial charge in [0.15, 0.2) is 0 Å². The van der Waals surface area contributed by atoms with Crippen LogP contribution in [0, 0.1) is 0 Å². The molecule has 1 unspecified atom stereocenters. The summed E-state index contributed by atoms with van der Waals surface area (Å²) in [6, 6.07) is 0. The van der Waals surface area contributed by atoms with E-state index in [1.54, 1.807) is 0 Å². The molecule has 11 heavy (non-hydrogen) atoms. The van der Waals surface area contributed by atoms with Gasteiger partial charge >= 0.3 is 0 Å². The van der Waals surface area contributed by atoms with Crippen molar-refractivity contribution in [1.82, 2.24) is 20.6 Å². The number of H-pyrrole nitrogens is 1. The van der Waals surface area contributed by atoms with E-state index >= 15 is 0 Å². The zero-order chi connectivity index (χ0) is 7.52. The number of ether oxygens (including phenoxy) is 1. The highest BCUT2D eigenvalue weighted by Crippen LogP contribution is 2.23. The Kier molecular flexibility index (Phi) is 1.81. The van der Waals surface area contributed by atoms with Crippen LogP contribution in [0.1, 0.15) is 31.2 Å². The lowest BCUT2D eigenvalue weighted by Crippen LogP contribution is -2.12. The number of aromatic amines is 1. The number of aromatic nitrogens is 4.